The van der Waals surface area contributed by atoms with Crippen LogP contribution >= 0.6 is 11.6 Å². The summed E-state index contributed by atoms with van der Waals surface area (Å²) in [6.07, 6.45) is 1.45. The zero-order chi connectivity index (χ0) is 11.7. The van der Waals surface area contributed by atoms with Gasteiger partial charge < -0.3 is 0 Å². The van der Waals surface area contributed by atoms with Crippen LogP contribution in [0.4, 0.5) is 5.82 Å². The number of aromatic nitrogens is 2. The predicted molar refractivity (Wildman–Crippen MR) is 61.5 cm³/mol. The number of amides is 1. The molecule has 2 heterocycles. The van der Waals surface area contributed by atoms with Gasteiger partial charge in [-0.2, -0.15) is 5.10 Å². The second kappa shape index (κ2) is 4.35. The summed E-state index contributed by atoms with van der Waals surface area (Å²) in [6, 6.07) is 1.74. The van der Waals surface area contributed by atoms with Crippen LogP contribution in [-0.2, 0) is 4.79 Å². The monoisotopic (exact) mass is 240 g/mol. The van der Waals surface area contributed by atoms with Gasteiger partial charge in [-0.15, -0.1) is 5.10 Å². The standard InChI is InChI=1S/C10H13ClN4O/c1-7-5-14(2)6-10(16)15(7)9-3-8(11)4-12-13-9/h3-4,7H,5-6H2,1-2H3/t7-/m1/s1. The third-order valence-corrected chi connectivity index (χ3v) is 2.75. The Labute approximate surface area is 99.0 Å². The lowest BCUT2D eigenvalue weighted by Crippen LogP contribution is -2.54. The van der Waals surface area contributed by atoms with E-state index in [-0.39, 0.29) is 11.9 Å². The summed E-state index contributed by atoms with van der Waals surface area (Å²) in [4.78, 5) is 15.5. The van der Waals surface area contributed by atoms with Crippen molar-refractivity contribution in [1.82, 2.24) is 15.1 Å². The van der Waals surface area contributed by atoms with Gasteiger partial charge >= 0.3 is 0 Å². The van der Waals surface area contributed by atoms with Crippen molar-refractivity contribution < 1.29 is 4.79 Å². The molecule has 0 radical (unpaired) electrons. The van der Waals surface area contributed by atoms with Crippen molar-refractivity contribution in [1.29, 1.82) is 0 Å². The third-order valence-electron chi connectivity index (χ3n) is 2.55. The van der Waals surface area contributed by atoms with E-state index in [0.29, 0.717) is 17.4 Å². The molecule has 1 fully saturated rings. The Morgan fingerprint density at radius 2 is 2.31 bits per heavy atom. The van der Waals surface area contributed by atoms with Crippen LogP contribution in [0.15, 0.2) is 12.3 Å². The van der Waals surface area contributed by atoms with E-state index in [2.05, 4.69) is 10.2 Å². The second-order valence-electron chi connectivity index (χ2n) is 4.04. The molecule has 1 saturated heterocycles. The van der Waals surface area contributed by atoms with E-state index in [1.54, 1.807) is 11.0 Å². The van der Waals surface area contributed by atoms with Crippen molar-refractivity contribution in [2.45, 2.75) is 13.0 Å². The Hall–Kier alpha value is -1.20. The molecule has 0 saturated carbocycles. The van der Waals surface area contributed by atoms with Crippen molar-refractivity contribution in [2.24, 2.45) is 0 Å². The highest BCUT2D eigenvalue weighted by molar-refractivity contribution is 6.30. The molecule has 5 nitrogen and oxygen atoms in total. The van der Waals surface area contributed by atoms with E-state index in [1.165, 1.54) is 6.20 Å². The smallest absolute Gasteiger partial charge is 0.242 e. The fourth-order valence-electron chi connectivity index (χ4n) is 1.95. The summed E-state index contributed by atoms with van der Waals surface area (Å²) in [5.74, 6) is 0.552. The van der Waals surface area contributed by atoms with Gasteiger partial charge in [-0.05, 0) is 14.0 Å². The van der Waals surface area contributed by atoms with E-state index >= 15 is 0 Å². The molecular formula is C10H13ClN4O. The zero-order valence-electron chi connectivity index (χ0n) is 9.22. The number of hydrogen-bond donors (Lipinski definition) is 0. The van der Waals surface area contributed by atoms with Crippen molar-refractivity contribution in [2.75, 3.05) is 25.0 Å². The first-order chi connectivity index (χ1) is 7.58. The Kier molecular flexibility index (Phi) is 3.07. The molecule has 1 amide bonds. The largest absolute Gasteiger partial charge is 0.296 e. The van der Waals surface area contributed by atoms with Gasteiger partial charge in [0.1, 0.15) is 0 Å². The summed E-state index contributed by atoms with van der Waals surface area (Å²) in [6.45, 7) is 3.20. The van der Waals surface area contributed by atoms with Gasteiger partial charge in [0.25, 0.3) is 0 Å². The van der Waals surface area contributed by atoms with E-state index in [9.17, 15) is 4.79 Å². The van der Waals surface area contributed by atoms with Crippen LogP contribution in [0.25, 0.3) is 0 Å². The van der Waals surface area contributed by atoms with Crippen LogP contribution in [0, 0.1) is 0 Å². The lowest BCUT2D eigenvalue weighted by atomic mass is 10.2. The van der Waals surface area contributed by atoms with Crippen LogP contribution in [0.2, 0.25) is 5.02 Å². The normalized spacial score (nSPS) is 22.6. The average molecular weight is 241 g/mol. The van der Waals surface area contributed by atoms with Crippen molar-refractivity contribution >= 4 is 23.3 Å². The Balaban J connectivity index is 2.29. The number of anilines is 1. The van der Waals surface area contributed by atoms with Gasteiger partial charge in [-0.1, -0.05) is 11.6 Å². The van der Waals surface area contributed by atoms with Crippen molar-refractivity contribution in [3.05, 3.63) is 17.3 Å². The predicted octanol–water partition coefficient (Wildman–Crippen LogP) is 0.797. The summed E-state index contributed by atoms with van der Waals surface area (Å²) in [7, 11) is 1.93. The molecule has 0 aromatic carbocycles. The summed E-state index contributed by atoms with van der Waals surface area (Å²) in [5, 5.41) is 8.19. The maximum absolute atomic E-state index is 11.9. The average Bonchev–Trinajstić information content (AvgIpc) is 2.15. The number of carbonyl (C=O) groups is 1. The van der Waals surface area contributed by atoms with E-state index in [1.807, 2.05) is 18.9 Å². The molecule has 86 valence electrons. The summed E-state index contributed by atoms with van der Waals surface area (Å²) < 4.78 is 0. The third kappa shape index (κ3) is 2.15. The molecule has 0 aliphatic carbocycles. The topological polar surface area (TPSA) is 49.3 Å². The number of piperazine rings is 1. The highest BCUT2D eigenvalue weighted by atomic mass is 35.5. The van der Waals surface area contributed by atoms with Gasteiger partial charge in [0.05, 0.1) is 17.8 Å². The van der Waals surface area contributed by atoms with Crippen LogP contribution < -0.4 is 4.90 Å². The molecule has 1 aliphatic heterocycles. The number of likely N-dealkylation sites (N-methyl/N-ethyl adjacent to an activating group) is 1. The Morgan fingerprint density at radius 3 is 2.94 bits per heavy atom. The highest BCUT2D eigenvalue weighted by Crippen LogP contribution is 2.20. The Bertz CT molecular complexity index is 412. The molecule has 2 rings (SSSR count). The molecule has 0 unspecified atom stereocenters. The quantitative estimate of drug-likeness (QED) is 0.729. The summed E-state index contributed by atoms with van der Waals surface area (Å²) in [5.41, 5.74) is 0. The van der Waals surface area contributed by atoms with Crippen molar-refractivity contribution in [3.8, 4) is 0 Å². The lowest BCUT2D eigenvalue weighted by Gasteiger charge is -2.36. The molecule has 16 heavy (non-hydrogen) atoms. The number of carbonyl (C=O) groups excluding carboxylic acids is 1. The van der Waals surface area contributed by atoms with Gasteiger partial charge in [0.15, 0.2) is 5.82 Å². The van der Waals surface area contributed by atoms with Gasteiger partial charge in [-0.25, -0.2) is 0 Å². The fourth-order valence-corrected chi connectivity index (χ4v) is 2.10. The van der Waals surface area contributed by atoms with Crippen LogP contribution in [-0.4, -0.2) is 47.2 Å². The minimum atomic E-state index is 0.0258. The zero-order valence-corrected chi connectivity index (χ0v) is 9.98. The number of nitrogens with zero attached hydrogens (tertiary/aromatic N) is 4. The molecule has 1 atom stereocenters. The first-order valence-corrected chi connectivity index (χ1v) is 5.44. The molecule has 6 heteroatoms. The molecule has 1 aromatic rings. The lowest BCUT2D eigenvalue weighted by molar-refractivity contribution is -0.121. The molecule has 1 aromatic heterocycles. The molecule has 0 N–H and O–H groups in total. The van der Waals surface area contributed by atoms with Gasteiger partial charge in [0.2, 0.25) is 5.91 Å². The van der Waals surface area contributed by atoms with Crippen LogP contribution in [0.1, 0.15) is 6.92 Å². The number of hydrogen-bond acceptors (Lipinski definition) is 4. The number of rotatable bonds is 1. The SMILES string of the molecule is C[C@@H]1CN(C)CC(=O)N1c1cc(Cl)cnn1. The van der Waals surface area contributed by atoms with Crippen molar-refractivity contribution in [3.63, 3.8) is 0 Å². The molecule has 0 bridgehead atoms. The molecule has 0 spiro atoms. The minimum Gasteiger partial charge on any atom is -0.296 e. The molecule has 1 aliphatic rings. The maximum atomic E-state index is 11.9. The Morgan fingerprint density at radius 1 is 1.56 bits per heavy atom. The van der Waals surface area contributed by atoms with Crippen LogP contribution in [0.3, 0.4) is 0 Å². The van der Waals surface area contributed by atoms with E-state index in [0.717, 1.165) is 6.54 Å². The highest BCUT2D eigenvalue weighted by Gasteiger charge is 2.30. The van der Waals surface area contributed by atoms with E-state index < -0.39 is 0 Å². The van der Waals surface area contributed by atoms with Crippen LogP contribution in [0.5, 0.6) is 0 Å². The first kappa shape index (κ1) is 11.3. The number of halogens is 1. The fraction of sp³-hybridized carbons (Fsp3) is 0.500. The minimum absolute atomic E-state index is 0.0258. The second-order valence-corrected chi connectivity index (χ2v) is 4.48. The van der Waals surface area contributed by atoms with Gasteiger partial charge in [0, 0.05) is 18.7 Å². The first-order valence-electron chi connectivity index (χ1n) is 5.07. The van der Waals surface area contributed by atoms with Gasteiger partial charge in [-0.3, -0.25) is 14.6 Å². The van der Waals surface area contributed by atoms with E-state index in [4.69, 9.17) is 11.6 Å². The molecular weight excluding hydrogens is 228 g/mol. The summed E-state index contributed by atoms with van der Waals surface area (Å²) >= 11 is 5.84. The maximum Gasteiger partial charge on any atom is 0.242 e.